The van der Waals surface area contributed by atoms with E-state index < -0.39 is 6.61 Å². The summed E-state index contributed by atoms with van der Waals surface area (Å²) in [4.78, 5) is 14.2. The Balaban J connectivity index is 2.16. The lowest BCUT2D eigenvalue weighted by molar-refractivity contribution is -0.0503. The van der Waals surface area contributed by atoms with Gasteiger partial charge >= 0.3 is 6.61 Å². The Bertz CT molecular complexity index is 496. The molecule has 0 spiro atoms. The molecule has 1 aliphatic heterocycles. The first-order valence-electron chi connectivity index (χ1n) is 7.06. The number of alkyl halides is 2. The maximum Gasteiger partial charge on any atom is 0.387 e. The van der Waals surface area contributed by atoms with Gasteiger partial charge in [0.2, 0.25) is 0 Å². The van der Waals surface area contributed by atoms with Crippen LogP contribution < -0.4 is 10.5 Å². The van der Waals surface area contributed by atoms with Crippen LogP contribution in [0.1, 0.15) is 23.7 Å². The van der Waals surface area contributed by atoms with Crippen molar-refractivity contribution in [3.8, 4) is 5.75 Å². The van der Waals surface area contributed by atoms with Crippen LogP contribution in [0.5, 0.6) is 5.75 Å². The van der Waals surface area contributed by atoms with Crippen molar-refractivity contribution in [1.29, 1.82) is 0 Å². The molecule has 0 aromatic heterocycles. The number of nitrogens with two attached hydrogens (primary N) is 1. The molecule has 21 heavy (non-hydrogen) atoms. The highest BCUT2D eigenvalue weighted by Crippen LogP contribution is 2.27. The lowest BCUT2D eigenvalue weighted by Gasteiger charge is -2.36. The van der Waals surface area contributed by atoms with E-state index in [0.29, 0.717) is 25.6 Å². The van der Waals surface area contributed by atoms with E-state index >= 15 is 0 Å². The van der Waals surface area contributed by atoms with Crippen molar-refractivity contribution in [1.82, 2.24) is 4.90 Å². The number of likely N-dealkylation sites (tertiary alicyclic amines) is 1. The van der Waals surface area contributed by atoms with Crippen LogP contribution in [0.3, 0.4) is 0 Å². The Morgan fingerprint density at radius 3 is 2.86 bits per heavy atom. The summed E-state index contributed by atoms with van der Waals surface area (Å²) >= 11 is 0. The average molecular weight is 298 g/mol. The molecule has 0 radical (unpaired) electrons. The second-order valence-corrected chi connectivity index (χ2v) is 5.39. The predicted molar refractivity (Wildman–Crippen MR) is 75.3 cm³/mol. The Kier molecular flexibility index (Phi) is 5.12. The number of nitrogens with zero attached hydrogens (tertiary/aromatic N) is 1. The van der Waals surface area contributed by atoms with Gasteiger partial charge in [0.05, 0.1) is 5.56 Å². The van der Waals surface area contributed by atoms with Crippen LogP contribution in [0.25, 0.3) is 0 Å². The summed E-state index contributed by atoms with van der Waals surface area (Å²) in [6.07, 6.45) is 0.867. The molecule has 1 heterocycles. The molecule has 1 aliphatic rings. The maximum absolute atomic E-state index is 12.5. The molecule has 1 amide bonds. The van der Waals surface area contributed by atoms with Gasteiger partial charge in [0.1, 0.15) is 5.75 Å². The zero-order valence-electron chi connectivity index (χ0n) is 12.0. The van der Waals surface area contributed by atoms with E-state index in [1.54, 1.807) is 17.0 Å². The Morgan fingerprint density at radius 2 is 2.19 bits per heavy atom. The van der Waals surface area contributed by atoms with Gasteiger partial charge in [0.25, 0.3) is 5.91 Å². The highest BCUT2D eigenvalue weighted by atomic mass is 19.3. The van der Waals surface area contributed by atoms with Gasteiger partial charge in [-0.2, -0.15) is 8.78 Å². The number of carbonyl (C=O) groups excluding carboxylic acids is 1. The van der Waals surface area contributed by atoms with E-state index in [2.05, 4.69) is 11.7 Å². The van der Waals surface area contributed by atoms with E-state index in [4.69, 9.17) is 5.73 Å². The van der Waals surface area contributed by atoms with Gasteiger partial charge in [0, 0.05) is 13.1 Å². The summed E-state index contributed by atoms with van der Waals surface area (Å²) in [7, 11) is 0. The van der Waals surface area contributed by atoms with E-state index in [1.165, 1.54) is 12.1 Å². The molecule has 2 rings (SSSR count). The standard InChI is InChI=1S/C15H20F2N2O2/c1-10-6-7-19(9-11(10)8-18)14(20)12-4-2-3-5-13(12)21-15(16)17/h2-5,10-11,15H,6-9,18H2,1H3. The minimum atomic E-state index is -2.95. The van der Waals surface area contributed by atoms with Crippen LogP contribution in [-0.4, -0.2) is 37.1 Å². The van der Waals surface area contributed by atoms with Crippen LogP contribution in [0.2, 0.25) is 0 Å². The average Bonchev–Trinajstić information content (AvgIpc) is 2.47. The number of para-hydroxylation sites is 1. The van der Waals surface area contributed by atoms with Gasteiger partial charge in [-0.15, -0.1) is 0 Å². The number of carbonyl (C=O) groups is 1. The first-order valence-corrected chi connectivity index (χ1v) is 7.06. The second-order valence-electron chi connectivity index (χ2n) is 5.39. The van der Waals surface area contributed by atoms with E-state index in [9.17, 15) is 13.6 Å². The quantitative estimate of drug-likeness (QED) is 0.928. The molecule has 0 bridgehead atoms. The fraction of sp³-hybridized carbons (Fsp3) is 0.533. The van der Waals surface area contributed by atoms with Crippen LogP contribution >= 0.6 is 0 Å². The molecule has 1 aromatic rings. The monoisotopic (exact) mass is 298 g/mol. The number of halogens is 2. The molecule has 1 saturated heterocycles. The fourth-order valence-corrected chi connectivity index (χ4v) is 2.65. The zero-order chi connectivity index (χ0) is 15.4. The fourth-order valence-electron chi connectivity index (χ4n) is 2.65. The largest absolute Gasteiger partial charge is 0.434 e. The van der Waals surface area contributed by atoms with E-state index in [-0.39, 0.29) is 23.1 Å². The summed E-state index contributed by atoms with van der Waals surface area (Å²) in [5.74, 6) is 0.342. The molecule has 4 nitrogen and oxygen atoms in total. The Labute approximate surface area is 122 Å². The number of benzene rings is 1. The van der Waals surface area contributed by atoms with Gasteiger partial charge in [-0.3, -0.25) is 4.79 Å². The smallest absolute Gasteiger partial charge is 0.387 e. The number of piperidine rings is 1. The molecule has 6 heteroatoms. The summed E-state index contributed by atoms with van der Waals surface area (Å²) in [5.41, 5.74) is 5.90. The zero-order valence-corrected chi connectivity index (χ0v) is 12.0. The number of ether oxygens (including phenoxy) is 1. The van der Waals surface area contributed by atoms with Crippen molar-refractivity contribution in [3.63, 3.8) is 0 Å². The van der Waals surface area contributed by atoms with Crippen molar-refractivity contribution >= 4 is 5.91 Å². The first kappa shape index (κ1) is 15.7. The minimum Gasteiger partial charge on any atom is -0.434 e. The number of rotatable bonds is 4. The van der Waals surface area contributed by atoms with Gasteiger partial charge in [0.15, 0.2) is 0 Å². The van der Waals surface area contributed by atoms with E-state index in [0.717, 1.165) is 6.42 Å². The molecule has 1 fully saturated rings. The minimum absolute atomic E-state index is 0.0829. The molecular formula is C15H20F2N2O2. The van der Waals surface area contributed by atoms with Gasteiger partial charge < -0.3 is 15.4 Å². The molecule has 0 saturated carbocycles. The lowest BCUT2D eigenvalue weighted by Crippen LogP contribution is -2.45. The van der Waals surface area contributed by atoms with Crippen LogP contribution in [0.4, 0.5) is 8.78 Å². The molecule has 2 N–H and O–H groups in total. The summed E-state index contributed by atoms with van der Waals surface area (Å²) in [6, 6.07) is 6.09. The highest BCUT2D eigenvalue weighted by Gasteiger charge is 2.29. The predicted octanol–water partition coefficient (Wildman–Crippen LogP) is 2.34. The summed E-state index contributed by atoms with van der Waals surface area (Å²) in [6.45, 7) is 0.851. The Morgan fingerprint density at radius 1 is 1.48 bits per heavy atom. The third-order valence-corrected chi connectivity index (χ3v) is 4.04. The van der Waals surface area contributed by atoms with Crippen molar-refractivity contribution in [2.45, 2.75) is 20.0 Å². The van der Waals surface area contributed by atoms with Crippen LogP contribution in [0.15, 0.2) is 24.3 Å². The highest BCUT2D eigenvalue weighted by molar-refractivity contribution is 5.97. The third-order valence-electron chi connectivity index (χ3n) is 4.04. The topological polar surface area (TPSA) is 55.6 Å². The molecular weight excluding hydrogens is 278 g/mol. The van der Waals surface area contributed by atoms with Crippen LogP contribution in [-0.2, 0) is 0 Å². The van der Waals surface area contributed by atoms with Gasteiger partial charge in [-0.1, -0.05) is 19.1 Å². The van der Waals surface area contributed by atoms with Crippen LogP contribution in [0, 0.1) is 11.8 Å². The Hall–Kier alpha value is -1.69. The van der Waals surface area contributed by atoms with Gasteiger partial charge in [-0.25, -0.2) is 0 Å². The normalized spacial score (nSPS) is 22.4. The second kappa shape index (κ2) is 6.85. The molecule has 116 valence electrons. The number of amides is 1. The first-order chi connectivity index (χ1) is 10.0. The van der Waals surface area contributed by atoms with Crippen molar-refractivity contribution < 1.29 is 18.3 Å². The summed E-state index contributed by atoms with van der Waals surface area (Å²) in [5, 5.41) is 0. The van der Waals surface area contributed by atoms with E-state index in [1.807, 2.05) is 0 Å². The third kappa shape index (κ3) is 3.69. The van der Waals surface area contributed by atoms with Crippen molar-refractivity contribution in [3.05, 3.63) is 29.8 Å². The number of hydrogen-bond acceptors (Lipinski definition) is 3. The SMILES string of the molecule is CC1CCN(C(=O)c2ccccc2OC(F)F)CC1CN. The van der Waals surface area contributed by atoms with Crippen molar-refractivity contribution in [2.75, 3.05) is 19.6 Å². The number of hydrogen-bond donors (Lipinski definition) is 1. The van der Waals surface area contributed by atoms with Gasteiger partial charge in [-0.05, 0) is 36.9 Å². The molecule has 2 unspecified atom stereocenters. The molecule has 1 aromatic carbocycles. The summed E-state index contributed by atoms with van der Waals surface area (Å²) < 4.78 is 29.2. The van der Waals surface area contributed by atoms with Crippen molar-refractivity contribution in [2.24, 2.45) is 17.6 Å². The molecule has 2 atom stereocenters. The maximum atomic E-state index is 12.5. The lowest BCUT2D eigenvalue weighted by atomic mass is 9.87. The molecule has 0 aliphatic carbocycles.